The van der Waals surface area contributed by atoms with E-state index in [1.807, 2.05) is 54.6 Å². The standard InChI is InChI=1S/C22H23N3O3S/c26-20(14-19-22(28)24-17-8-4-5-9-18(17)29-19)25-12-10-15(11-13-25)21(27)23-16-6-2-1-3-7-16/h1-9,15,19H,10-14H2,(H,23,27)(H,24,28)/t19-/m0/s1. The van der Waals surface area contributed by atoms with E-state index in [4.69, 9.17) is 0 Å². The minimum atomic E-state index is -0.420. The Hall–Kier alpha value is -2.80. The molecule has 2 aromatic carbocycles. The van der Waals surface area contributed by atoms with Crippen molar-refractivity contribution in [2.75, 3.05) is 23.7 Å². The molecule has 29 heavy (non-hydrogen) atoms. The van der Waals surface area contributed by atoms with E-state index in [0.717, 1.165) is 16.3 Å². The van der Waals surface area contributed by atoms with Gasteiger partial charge in [-0.3, -0.25) is 14.4 Å². The average molecular weight is 410 g/mol. The Morgan fingerprint density at radius 1 is 1.03 bits per heavy atom. The normalized spacial score (nSPS) is 19.2. The molecule has 2 N–H and O–H groups in total. The summed E-state index contributed by atoms with van der Waals surface area (Å²) in [6, 6.07) is 17.0. The molecule has 0 spiro atoms. The Kier molecular flexibility index (Phi) is 5.85. The fraction of sp³-hybridized carbons (Fsp3) is 0.318. The molecule has 0 radical (unpaired) electrons. The van der Waals surface area contributed by atoms with Crippen molar-refractivity contribution in [3.05, 3.63) is 54.6 Å². The summed E-state index contributed by atoms with van der Waals surface area (Å²) >= 11 is 1.44. The number of rotatable bonds is 4. The van der Waals surface area contributed by atoms with Gasteiger partial charge in [0.05, 0.1) is 10.9 Å². The topological polar surface area (TPSA) is 78.5 Å². The molecular weight excluding hydrogens is 386 g/mol. The van der Waals surface area contributed by atoms with Crippen LogP contribution in [-0.2, 0) is 14.4 Å². The lowest BCUT2D eigenvalue weighted by atomic mass is 9.95. The molecule has 1 atom stereocenters. The SMILES string of the molecule is O=C(Nc1ccccc1)C1CCN(C(=O)C[C@@H]2Sc3ccccc3NC2=O)CC1. The van der Waals surface area contributed by atoms with Crippen molar-refractivity contribution in [2.45, 2.75) is 29.4 Å². The summed E-state index contributed by atoms with van der Waals surface area (Å²) in [6.45, 7) is 1.09. The van der Waals surface area contributed by atoms with Crippen LogP contribution in [0.15, 0.2) is 59.5 Å². The highest BCUT2D eigenvalue weighted by atomic mass is 32.2. The van der Waals surface area contributed by atoms with Gasteiger partial charge in [-0.15, -0.1) is 11.8 Å². The van der Waals surface area contributed by atoms with E-state index in [1.165, 1.54) is 11.8 Å². The molecule has 2 aromatic rings. The van der Waals surface area contributed by atoms with Crippen LogP contribution < -0.4 is 10.6 Å². The maximum Gasteiger partial charge on any atom is 0.238 e. The molecule has 2 heterocycles. The molecule has 150 valence electrons. The molecule has 0 bridgehead atoms. The molecule has 0 aromatic heterocycles. The van der Waals surface area contributed by atoms with Gasteiger partial charge < -0.3 is 15.5 Å². The van der Waals surface area contributed by atoms with E-state index < -0.39 is 5.25 Å². The summed E-state index contributed by atoms with van der Waals surface area (Å²) in [5, 5.41) is 5.40. The van der Waals surface area contributed by atoms with Crippen molar-refractivity contribution in [3.8, 4) is 0 Å². The van der Waals surface area contributed by atoms with Crippen molar-refractivity contribution in [2.24, 2.45) is 5.92 Å². The van der Waals surface area contributed by atoms with Gasteiger partial charge in [-0.1, -0.05) is 30.3 Å². The molecule has 0 saturated carbocycles. The average Bonchev–Trinajstić information content (AvgIpc) is 2.75. The number of thioether (sulfide) groups is 1. The zero-order valence-corrected chi connectivity index (χ0v) is 16.8. The van der Waals surface area contributed by atoms with Gasteiger partial charge in [-0.2, -0.15) is 0 Å². The van der Waals surface area contributed by atoms with E-state index >= 15 is 0 Å². The van der Waals surface area contributed by atoms with Crippen molar-refractivity contribution in [1.29, 1.82) is 0 Å². The van der Waals surface area contributed by atoms with Crippen LogP contribution in [0.3, 0.4) is 0 Å². The Balaban J connectivity index is 1.28. The first-order valence-corrected chi connectivity index (χ1v) is 10.7. The maximum atomic E-state index is 12.7. The number of hydrogen-bond acceptors (Lipinski definition) is 4. The van der Waals surface area contributed by atoms with Gasteiger partial charge in [0.25, 0.3) is 0 Å². The van der Waals surface area contributed by atoms with Crippen LogP contribution in [0.5, 0.6) is 0 Å². The van der Waals surface area contributed by atoms with Gasteiger partial charge >= 0.3 is 0 Å². The zero-order valence-electron chi connectivity index (χ0n) is 16.0. The maximum absolute atomic E-state index is 12.7. The summed E-state index contributed by atoms with van der Waals surface area (Å²) in [5.74, 6) is -0.251. The van der Waals surface area contributed by atoms with E-state index in [-0.39, 0.29) is 30.1 Å². The number of carbonyl (C=O) groups is 3. The number of benzene rings is 2. The van der Waals surface area contributed by atoms with Gasteiger partial charge in [0.15, 0.2) is 0 Å². The van der Waals surface area contributed by atoms with Crippen LogP contribution in [0, 0.1) is 5.92 Å². The fourth-order valence-corrected chi connectivity index (χ4v) is 4.77. The number of nitrogens with zero attached hydrogens (tertiary/aromatic N) is 1. The smallest absolute Gasteiger partial charge is 0.238 e. The predicted molar refractivity (Wildman–Crippen MR) is 114 cm³/mol. The number of para-hydroxylation sites is 2. The van der Waals surface area contributed by atoms with Gasteiger partial charge in [0.2, 0.25) is 17.7 Å². The fourth-order valence-electron chi connectivity index (χ4n) is 3.67. The highest BCUT2D eigenvalue weighted by Crippen LogP contribution is 2.37. The Morgan fingerprint density at radius 2 is 1.72 bits per heavy atom. The third kappa shape index (κ3) is 4.62. The number of nitrogens with one attached hydrogen (secondary N) is 2. The second kappa shape index (κ2) is 8.69. The lowest BCUT2D eigenvalue weighted by molar-refractivity contribution is -0.135. The summed E-state index contributed by atoms with van der Waals surface area (Å²) in [4.78, 5) is 40.3. The van der Waals surface area contributed by atoms with Gasteiger partial charge in [0.1, 0.15) is 0 Å². The minimum absolute atomic E-state index is 0.00196. The molecule has 3 amide bonds. The molecule has 0 aliphatic carbocycles. The molecule has 4 rings (SSSR count). The first kappa shape index (κ1) is 19.5. The van der Waals surface area contributed by atoms with Crippen molar-refractivity contribution in [1.82, 2.24) is 4.90 Å². The Labute approximate surface area is 174 Å². The summed E-state index contributed by atoms with van der Waals surface area (Å²) < 4.78 is 0. The van der Waals surface area contributed by atoms with Gasteiger partial charge in [-0.25, -0.2) is 0 Å². The van der Waals surface area contributed by atoms with Crippen LogP contribution in [0.4, 0.5) is 11.4 Å². The number of amides is 3. The molecule has 2 aliphatic heterocycles. The van der Waals surface area contributed by atoms with Crippen LogP contribution in [-0.4, -0.2) is 41.0 Å². The monoisotopic (exact) mass is 409 g/mol. The van der Waals surface area contributed by atoms with Crippen LogP contribution >= 0.6 is 11.8 Å². The first-order chi connectivity index (χ1) is 14.1. The predicted octanol–water partition coefficient (Wildman–Crippen LogP) is 3.37. The third-order valence-corrected chi connectivity index (χ3v) is 6.60. The highest BCUT2D eigenvalue weighted by molar-refractivity contribution is 8.01. The van der Waals surface area contributed by atoms with Gasteiger partial charge in [0, 0.05) is 36.0 Å². The lowest BCUT2D eigenvalue weighted by Gasteiger charge is -2.32. The van der Waals surface area contributed by atoms with Crippen molar-refractivity contribution < 1.29 is 14.4 Å². The molecular formula is C22H23N3O3S. The Morgan fingerprint density at radius 3 is 2.48 bits per heavy atom. The lowest BCUT2D eigenvalue weighted by Crippen LogP contribution is -2.43. The Bertz CT molecular complexity index is 911. The van der Waals surface area contributed by atoms with Crippen LogP contribution in [0.25, 0.3) is 0 Å². The molecule has 0 unspecified atom stereocenters. The minimum Gasteiger partial charge on any atom is -0.343 e. The van der Waals surface area contributed by atoms with E-state index in [9.17, 15) is 14.4 Å². The molecule has 1 fully saturated rings. The number of carbonyl (C=O) groups excluding carboxylic acids is 3. The van der Waals surface area contributed by atoms with E-state index in [0.29, 0.717) is 25.9 Å². The van der Waals surface area contributed by atoms with Crippen LogP contribution in [0.2, 0.25) is 0 Å². The van der Waals surface area contributed by atoms with E-state index in [1.54, 1.807) is 4.90 Å². The van der Waals surface area contributed by atoms with Crippen LogP contribution in [0.1, 0.15) is 19.3 Å². The molecule has 2 aliphatic rings. The van der Waals surface area contributed by atoms with E-state index in [2.05, 4.69) is 10.6 Å². The molecule has 1 saturated heterocycles. The van der Waals surface area contributed by atoms with Crippen molar-refractivity contribution >= 4 is 40.9 Å². The second-order valence-corrected chi connectivity index (χ2v) is 8.55. The second-order valence-electron chi connectivity index (χ2n) is 7.31. The number of fused-ring (bicyclic) bond motifs is 1. The summed E-state index contributed by atoms with van der Waals surface area (Å²) in [5.41, 5.74) is 1.59. The molecule has 6 nitrogen and oxygen atoms in total. The quantitative estimate of drug-likeness (QED) is 0.812. The van der Waals surface area contributed by atoms with Gasteiger partial charge in [-0.05, 0) is 37.1 Å². The number of hydrogen-bond donors (Lipinski definition) is 2. The molecule has 7 heteroatoms. The highest BCUT2D eigenvalue weighted by Gasteiger charge is 2.32. The van der Waals surface area contributed by atoms with Crippen molar-refractivity contribution in [3.63, 3.8) is 0 Å². The number of likely N-dealkylation sites (tertiary alicyclic amines) is 1. The third-order valence-electron chi connectivity index (χ3n) is 5.33. The summed E-state index contributed by atoms with van der Waals surface area (Å²) in [6.07, 6.45) is 1.44. The number of piperidine rings is 1. The largest absolute Gasteiger partial charge is 0.343 e. The first-order valence-electron chi connectivity index (χ1n) is 9.80. The summed E-state index contributed by atoms with van der Waals surface area (Å²) in [7, 11) is 0. The number of anilines is 2. The zero-order chi connectivity index (χ0) is 20.2.